The predicted molar refractivity (Wildman–Crippen MR) is 105 cm³/mol. The topological polar surface area (TPSA) is 66.5 Å². The molecule has 0 atom stereocenters. The Hall–Kier alpha value is -2.18. The summed E-state index contributed by atoms with van der Waals surface area (Å²) in [6.07, 6.45) is 0. The molecule has 6 heteroatoms. The van der Waals surface area contributed by atoms with Crippen molar-refractivity contribution in [2.75, 3.05) is 18.4 Å². The van der Waals surface area contributed by atoms with Crippen LogP contribution >= 0.6 is 0 Å². The summed E-state index contributed by atoms with van der Waals surface area (Å²) in [7, 11) is -3.62. The summed E-state index contributed by atoms with van der Waals surface area (Å²) in [5.41, 5.74) is 3.74. The third kappa shape index (κ3) is 4.14. The van der Waals surface area contributed by atoms with E-state index < -0.39 is 10.0 Å². The summed E-state index contributed by atoms with van der Waals surface area (Å²) in [5, 5.41) is 2.86. The van der Waals surface area contributed by atoms with Crippen LogP contribution in [0.15, 0.2) is 41.3 Å². The molecule has 2 aromatic carbocycles. The van der Waals surface area contributed by atoms with Crippen LogP contribution in [0.1, 0.15) is 40.9 Å². The second-order valence-electron chi connectivity index (χ2n) is 6.34. The van der Waals surface area contributed by atoms with Crippen molar-refractivity contribution in [2.24, 2.45) is 0 Å². The van der Waals surface area contributed by atoms with Gasteiger partial charge in [-0.1, -0.05) is 37.6 Å². The summed E-state index contributed by atoms with van der Waals surface area (Å²) in [6.45, 7) is 10.0. The van der Waals surface area contributed by atoms with E-state index in [1.807, 2.05) is 32.0 Å². The van der Waals surface area contributed by atoms with Crippen LogP contribution < -0.4 is 5.32 Å². The molecule has 26 heavy (non-hydrogen) atoms. The molecular formula is C20H26N2O3S. The molecule has 0 saturated heterocycles. The van der Waals surface area contributed by atoms with E-state index in [1.165, 1.54) is 10.4 Å². The van der Waals surface area contributed by atoms with Crippen molar-refractivity contribution in [1.82, 2.24) is 4.31 Å². The van der Waals surface area contributed by atoms with Crippen molar-refractivity contribution in [3.05, 3.63) is 58.7 Å². The van der Waals surface area contributed by atoms with Gasteiger partial charge in [-0.2, -0.15) is 4.31 Å². The SMILES string of the molecule is CCN(CC)S(=O)(=O)c1cc(C(=O)Nc2ccc(C)cc2C)ccc1C. The summed E-state index contributed by atoms with van der Waals surface area (Å²) in [4.78, 5) is 12.8. The van der Waals surface area contributed by atoms with Gasteiger partial charge in [-0.05, 0) is 50.1 Å². The quantitative estimate of drug-likeness (QED) is 0.834. The number of hydrogen-bond donors (Lipinski definition) is 1. The average molecular weight is 375 g/mol. The first-order valence-electron chi connectivity index (χ1n) is 8.70. The molecule has 0 aliphatic rings. The number of amides is 1. The lowest BCUT2D eigenvalue weighted by Crippen LogP contribution is -2.31. The molecule has 2 aromatic rings. The standard InChI is InChI=1S/C20H26N2O3S/c1-6-22(7-2)26(24,25)19-13-17(10-9-15(19)4)20(23)21-18-11-8-14(3)12-16(18)5/h8-13H,6-7H2,1-5H3,(H,21,23). The van der Waals surface area contributed by atoms with Crippen LogP contribution in [0, 0.1) is 20.8 Å². The third-order valence-corrected chi connectivity index (χ3v) is 6.60. The molecule has 0 fully saturated rings. The zero-order valence-corrected chi connectivity index (χ0v) is 16.8. The van der Waals surface area contributed by atoms with E-state index in [0.717, 1.165) is 11.1 Å². The number of benzene rings is 2. The lowest BCUT2D eigenvalue weighted by Gasteiger charge is -2.20. The molecule has 0 bridgehead atoms. The Balaban J connectivity index is 2.38. The largest absolute Gasteiger partial charge is 0.322 e. The van der Waals surface area contributed by atoms with Crippen molar-refractivity contribution >= 4 is 21.6 Å². The molecule has 1 N–H and O–H groups in total. The summed E-state index contributed by atoms with van der Waals surface area (Å²) >= 11 is 0. The zero-order chi connectivity index (χ0) is 19.5. The monoisotopic (exact) mass is 374 g/mol. The van der Waals surface area contributed by atoms with Crippen molar-refractivity contribution in [2.45, 2.75) is 39.5 Å². The van der Waals surface area contributed by atoms with E-state index in [0.29, 0.717) is 29.9 Å². The molecule has 0 aliphatic carbocycles. The summed E-state index contributed by atoms with van der Waals surface area (Å²) in [5.74, 6) is -0.326. The number of carbonyl (C=O) groups excluding carboxylic acids is 1. The maximum Gasteiger partial charge on any atom is 0.255 e. The first-order chi connectivity index (χ1) is 12.2. The lowest BCUT2D eigenvalue weighted by atomic mass is 10.1. The molecule has 0 aliphatic heterocycles. The highest BCUT2D eigenvalue weighted by Gasteiger charge is 2.24. The van der Waals surface area contributed by atoms with E-state index in [2.05, 4.69) is 5.32 Å². The molecule has 0 saturated carbocycles. The Labute approximate surface area is 156 Å². The third-order valence-electron chi connectivity index (χ3n) is 4.40. The van der Waals surface area contributed by atoms with E-state index in [4.69, 9.17) is 0 Å². The minimum atomic E-state index is -3.62. The Kier molecular flexibility index (Phi) is 6.21. The fraction of sp³-hybridized carbons (Fsp3) is 0.350. The number of rotatable bonds is 6. The second-order valence-corrected chi connectivity index (χ2v) is 8.25. The maximum atomic E-state index is 12.8. The first-order valence-corrected chi connectivity index (χ1v) is 10.1. The van der Waals surface area contributed by atoms with Crippen LogP contribution in [0.25, 0.3) is 0 Å². The van der Waals surface area contributed by atoms with Crippen LogP contribution in [-0.2, 0) is 10.0 Å². The van der Waals surface area contributed by atoms with Gasteiger partial charge in [0.05, 0.1) is 4.90 Å². The van der Waals surface area contributed by atoms with Crippen LogP contribution in [0.2, 0.25) is 0 Å². The number of hydrogen-bond acceptors (Lipinski definition) is 3. The Bertz CT molecular complexity index is 917. The van der Waals surface area contributed by atoms with Gasteiger partial charge in [0.2, 0.25) is 10.0 Å². The van der Waals surface area contributed by atoms with Crippen molar-refractivity contribution < 1.29 is 13.2 Å². The van der Waals surface area contributed by atoms with E-state index in [1.54, 1.807) is 32.9 Å². The Morgan fingerprint density at radius 1 is 0.962 bits per heavy atom. The molecule has 0 radical (unpaired) electrons. The Morgan fingerprint density at radius 2 is 1.62 bits per heavy atom. The number of aryl methyl sites for hydroxylation is 3. The van der Waals surface area contributed by atoms with Crippen LogP contribution in [0.4, 0.5) is 5.69 Å². The number of nitrogens with one attached hydrogen (secondary N) is 1. The van der Waals surface area contributed by atoms with Gasteiger partial charge < -0.3 is 5.32 Å². The van der Waals surface area contributed by atoms with Gasteiger partial charge >= 0.3 is 0 Å². The molecule has 0 spiro atoms. The van der Waals surface area contributed by atoms with Gasteiger partial charge in [-0.25, -0.2) is 8.42 Å². The van der Waals surface area contributed by atoms with Crippen molar-refractivity contribution in [1.29, 1.82) is 0 Å². The molecule has 0 heterocycles. The number of anilines is 1. The highest BCUT2D eigenvalue weighted by molar-refractivity contribution is 7.89. The highest BCUT2D eigenvalue weighted by atomic mass is 32.2. The zero-order valence-electron chi connectivity index (χ0n) is 16.0. The lowest BCUT2D eigenvalue weighted by molar-refractivity contribution is 0.102. The van der Waals surface area contributed by atoms with Crippen molar-refractivity contribution in [3.63, 3.8) is 0 Å². The molecule has 0 unspecified atom stereocenters. The van der Waals surface area contributed by atoms with Gasteiger partial charge in [-0.15, -0.1) is 0 Å². The van der Waals surface area contributed by atoms with Crippen molar-refractivity contribution in [3.8, 4) is 0 Å². The smallest absolute Gasteiger partial charge is 0.255 e. The fourth-order valence-electron chi connectivity index (χ4n) is 2.87. The molecular weight excluding hydrogens is 348 g/mol. The second kappa shape index (κ2) is 8.01. The Morgan fingerprint density at radius 3 is 2.19 bits per heavy atom. The van der Waals surface area contributed by atoms with Crippen LogP contribution in [0.3, 0.4) is 0 Å². The molecule has 1 amide bonds. The van der Waals surface area contributed by atoms with Gasteiger partial charge in [-0.3, -0.25) is 4.79 Å². The molecule has 5 nitrogen and oxygen atoms in total. The van der Waals surface area contributed by atoms with Gasteiger partial charge in [0.25, 0.3) is 5.91 Å². The van der Waals surface area contributed by atoms with E-state index in [9.17, 15) is 13.2 Å². The number of carbonyl (C=O) groups is 1. The van der Waals surface area contributed by atoms with Gasteiger partial charge in [0, 0.05) is 24.3 Å². The normalized spacial score (nSPS) is 11.6. The summed E-state index contributed by atoms with van der Waals surface area (Å²) < 4.78 is 27.1. The minimum Gasteiger partial charge on any atom is -0.322 e. The average Bonchev–Trinajstić information content (AvgIpc) is 2.58. The summed E-state index contributed by atoms with van der Waals surface area (Å²) in [6, 6.07) is 10.5. The maximum absolute atomic E-state index is 12.8. The van der Waals surface area contributed by atoms with Crippen LogP contribution in [0.5, 0.6) is 0 Å². The van der Waals surface area contributed by atoms with E-state index in [-0.39, 0.29) is 10.8 Å². The number of sulfonamides is 1. The van der Waals surface area contributed by atoms with Crippen LogP contribution in [-0.4, -0.2) is 31.7 Å². The molecule has 0 aromatic heterocycles. The highest BCUT2D eigenvalue weighted by Crippen LogP contribution is 2.23. The fourth-order valence-corrected chi connectivity index (χ4v) is 4.58. The first kappa shape index (κ1) is 20.1. The van der Waals surface area contributed by atoms with Gasteiger partial charge in [0.1, 0.15) is 0 Å². The number of nitrogens with zero attached hydrogens (tertiary/aromatic N) is 1. The molecule has 140 valence electrons. The van der Waals surface area contributed by atoms with E-state index >= 15 is 0 Å². The minimum absolute atomic E-state index is 0.175. The molecule has 2 rings (SSSR count). The van der Waals surface area contributed by atoms with Gasteiger partial charge in [0.15, 0.2) is 0 Å². The predicted octanol–water partition coefficient (Wildman–Crippen LogP) is 3.89.